The summed E-state index contributed by atoms with van der Waals surface area (Å²) in [6.07, 6.45) is 1.67. The van der Waals surface area contributed by atoms with Crippen LogP contribution in [0.15, 0.2) is 61.2 Å². The van der Waals surface area contributed by atoms with Crippen LogP contribution in [0, 0.1) is 0 Å². The van der Waals surface area contributed by atoms with Gasteiger partial charge >= 0.3 is 0 Å². The molecule has 1 aliphatic rings. The number of hydrogen-bond acceptors (Lipinski definition) is 6. The maximum absolute atomic E-state index is 13.0. The number of piperazine rings is 1. The smallest absolute Gasteiger partial charge is 0.234 e. The molecule has 2 aromatic rings. The number of methoxy groups -OCH3 is 2. The van der Waals surface area contributed by atoms with Crippen molar-refractivity contribution in [1.29, 1.82) is 0 Å². The number of ether oxygens (including phenoxy) is 2. The molecule has 0 aliphatic carbocycles. The van der Waals surface area contributed by atoms with E-state index in [2.05, 4.69) is 27.0 Å². The topological polar surface area (TPSA) is 83.1 Å². The van der Waals surface area contributed by atoms with Gasteiger partial charge < -0.3 is 20.1 Å². The molecule has 0 radical (unpaired) electrons. The van der Waals surface area contributed by atoms with Gasteiger partial charge in [-0.15, -0.1) is 6.58 Å². The van der Waals surface area contributed by atoms with Crippen molar-refractivity contribution < 1.29 is 19.1 Å². The van der Waals surface area contributed by atoms with Crippen LogP contribution < -0.4 is 20.1 Å². The molecule has 1 heterocycles. The highest BCUT2D eigenvalue weighted by Gasteiger charge is 2.23. The maximum Gasteiger partial charge on any atom is 0.234 e. The molecule has 0 saturated carbocycles. The van der Waals surface area contributed by atoms with Gasteiger partial charge in [0, 0.05) is 32.7 Å². The van der Waals surface area contributed by atoms with E-state index in [4.69, 9.17) is 9.47 Å². The lowest BCUT2D eigenvalue weighted by atomic mass is 9.98. The van der Waals surface area contributed by atoms with Crippen molar-refractivity contribution in [2.45, 2.75) is 6.04 Å². The molecule has 2 aromatic carbocycles. The third-order valence-electron chi connectivity index (χ3n) is 5.85. The van der Waals surface area contributed by atoms with Crippen LogP contribution in [0.2, 0.25) is 0 Å². The molecule has 1 fully saturated rings. The maximum atomic E-state index is 13.0. The number of amides is 2. The van der Waals surface area contributed by atoms with Crippen LogP contribution in [-0.2, 0) is 9.59 Å². The predicted octanol–water partition coefficient (Wildman–Crippen LogP) is 1.83. The van der Waals surface area contributed by atoms with Crippen LogP contribution in [0.5, 0.6) is 11.5 Å². The van der Waals surface area contributed by atoms with Gasteiger partial charge in [0.05, 0.1) is 33.4 Å². The van der Waals surface area contributed by atoms with Gasteiger partial charge in [0.1, 0.15) is 11.5 Å². The number of benzene rings is 2. The zero-order valence-corrected chi connectivity index (χ0v) is 20.0. The molecular formula is C26H34N4O4. The lowest BCUT2D eigenvalue weighted by molar-refractivity contribution is -0.125. The average molecular weight is 467 g/mol. The molecule has 0 aromatic heterocycles. The third kappa shape index (κ3) is 7.33. The molecule has 34 heavy (non-hydrogen) atoms. The molecule has 8 nitrogen and oxygen atoms in total. The summed E-state index contributed by atoms with van der Waals surface area (Å²) < 4.78 is 10.5. The van der Waals surface area contributed by atoms with Crippen LogP contribution in [0.4, 0.5) is 0 Å². The molecule has 3 rings (SSSR count). The highest BCUT2D eigenvalue weighted by Crippen LogP contribution is 2.26. The minimum Gasteiger partial charge on any atom is -0.497 e. The van der Waals surface area contributed by atoms with Crippen molar-refractivity contribution in [3.8, 4) is 11.5 Å². The zero-order valence-electron chi connectivity index (χ0n) is 20.0. The third-order valence-corrected chi connectivity index (χ3v) is 5.85. The normalized spacial score (nSPS) is 14.4. The van der Waals surface area contributed by atoms with Crippen LogP contribution in [0.1, 0.15) is 17.2 Å². The van der Waals surface area contributed by atoms with Crippen LogP contribution in [-0.4, -0.2) is 81.6 Å². The highest BCUT2D eigenvalue weighted by molar-refractivity contribution is 5.79. The Labute approximate surface area is 201 Å². The van der Waals surface area contributed by atoms with E-state index in [0.717, 1.165) is 48.8 Å². The van der Waals surface area contributed by atoms with E-state index in [1.165, 1.54) is 0 Å². The van der Waals surface area contributed by atoms with Gasteiger partial charge in [-0.05, 0) is 35.4 Å². The molecule has 8 heteroatoms. The molecule has 1 saturated heterocycles. The molecular weight excluding hydrogens is 432 g/mol. The van der Waals surface area contributed by atoms with Gasteiger partial charge in [0.2, 0.25) is 11.8 Å². The summed E-state index contributed by atoms with van der Waals surface area (Å²) in [5, 5.41) is 5.99. The molecule has 0 bridgehead atoms. The predicted molar refractivity (Wildman–Crippen MR) is 132 cm³/mol. The Balaban J connectivity index is 1.59. The second kappa shape index (κ2) is 12.8. The number of carbonyl (C=O) groups excluding carboxylic acids is 2. The van der Waals surface area contributed by atoms with E-state index in [1.807, 2.05) is 48.5 Å². The van der Waals surface area contributed by atoms with Gasteiger partial charge in [-0.2, -0.15) is 0 Å². The van der Waals surface area contributed by atoms with E-state index in [1.54, 1.807) is 20.3 Å². The minimum absolute atomic E-state index is 0.00656. The molecule has 0 spiro atoms. The number of nitrogens with zero attached hydrogens (tertiary/aromatic N) is 2. The lowest BCUT2D eigenvalue weighted by Crippen LogP contribution is -2.51. The Bertz CT molecular complexity index is 891. The van der Waals surface area contributed by atoms with Crippen LogP contribution in [0.25, 0.3) is 0 Å². The number of carbonyl (C=O) groups is 2. The van der Waals surface area contributed by atoms with Gasteiger partial charge in [-0.25, -0.2) is 0 Å². The van der Waals surface area contributed by atoms with Crippen LogP contribution in [0.3, 0.4) is 0 Å². The molecule has 2 amide bonds. The molecule has 2 N–H and O–H groups in total. The number of rotatable bonds is 11. The van der Waals surface area contributed by atoms with Gasteiger partial charge in [-0.3, -0.25) is 19.4 Å². The highest BCUT2D eigenvalue weighted by atomic mass is 16.5. The van der Waals surface area contributed by atoms with Crippen molar-refractivity contribution in [3.05, 3.63) is 72.3 Å². The fourth-order valence-electron chi connectivity index (χ4n) is 3.91. The van der Waals surface area contributed by atoms with Gasteiger partial charge in [-0.1, -0.05) is 30.3 Å². The van der Waals surface area contributed by atoms with Crippen molar-refractivity contribution in [3.63, 3.8) is 0 Å². The van der Waals surface area contributed by atoms with Crippen molar-refractivity contribution >= 4 is 11.8 Å². The summed E-state index contributed by atoms with van der Waals surface area (Å²) in [6, 6.07) is 15.1. The van der Waals surface area contributed by atoms with E-state index < -0.39 is 0 Å². The average Bonchev–Trinajstić information content (AvgIpc) is 2.87. The van der Waals surface area contributed by atoms with E-state index in [0.29, 0.717) is 19.6 Å². The van der Waals surface area contributed by atoms with E-state index >= 15 is 0 Å². The van der Waals surface area contributed by atoms with Crippen molar-refractivity contribution in [2.75, 3.05) is 60.0 Å². The monoisotopic (exact) mass is 466 g/mol. The molecule has 182 valence electrons. The minimum atomic E-state index is -0.292. The Kier molecular flexibility index (Phi) is 9.49. The second-order valence-corrected chi connectivity index (χ2v) is 8.19. The van der Waals surface area contributed by atoms with Crippen molar-refractivity contribution in [1.82, 2.24) is 20.4 Å². The van der Waals surface area contributed by atoms with Crippen LogP contribution >= 0.6 is 0 Å². The summed E-state index contributed by atoms with van der Waals surface area (Å²) in [7, 11) is 3.26. The SMILES string of the molecule is C=CCNC(=O)CN1CCN(CC(=O)NC(c2ccc(OC)cc2)c2ccc(OC)cc2)CC1. The van der Waals surface area contributed by atoms with Crippen molar-refractivity contribution in [2.24, 2.45) is 0 Å². The standard InChI is InChI=1S/C26H34N4O4/c1-4-13-27-24(31)18-29-14-16-30(17-15-29)19-25(32)28-26(20-5-9-22(33-2)10-6-20)21-7-11-23(34-3)12-8-21/h4-12,26H,1,13-19H2,2-3H3,(H,27,31)(H,28,32). The fourth-order valence-corrected chi connectivity index (χ4v) is 3.91. The summed E-state index contributed by atoms with van der Waals surface area (Å²) in [5.74, 6) is 1.47. The van der Waals surface area contributed by atoms with E-state index in [9.17, 15) is 9.59 Å². The van der Waals surface area contributed by atoms with Gasteiger partial charge in [0.15, 0.2) is 0 Å². The van der Waals surface area contributed by atoms with Gasteiger partial charge in [0.25, 0.3) is 0 Å². The first-order valence-corrected chi connectivity index (χ1v) is 11.4. The zero-order chi connectivity index (χ0) is 24.3. The summed E-state index contributed by atoms with van der Waals surface area (Å²) in [6.45, 7) is 7.71. The summed E-state index contributed by atoms with van der Waals surface area (Å²) in [4.78, 5) is 29.1. The summed E-state index contributed by atoms with van der Waals surface area (Å²) >= 11 is 0. The molecule has 0 atom stereocenters. The fraction of sp³-hybridized carbons (Fsp3) is 0.385. The summed E-state index contributed by atoms with van der Waals surface area (Å²) in [5.41, 5.74) is 1.93. The Morgan fingerprint density at radius 2 is 1.29 bits per heavy atom. The quantitative estimate of drug-likeness (QED) is 0.492. The molecule has 1 aliphatic heterocycles. The first kappa shape index (κ1) is 25.3. The number of nitrogens with one attached hydrogen (secondary N) is 2. The first-order valence-electron chi connectivity index (χ1n) is 11.4. The Hall–Kier alpha value is -3.36. The largest absolute Gasteiger partial charge is 0.497 e. The lowest BCUT2D eigenvalue weighted by Gasteiger charge is -2.34. The molecule has 0 unspecified atom stereocenters. The Morgan fingerprint density at radius 3 is 1.71 bits per heavy atom. The number of hydrogen-bond donors (Lipinski definition) is 2. The second-order valence-electron chi connectivity index (χ2n) is 8.19. The van der Waals surface area contributed by atoms with E-state index in [-0.39, 0.29) is 17.9 Å². The Morgan fingerprint density at radius 1 is 0.853 bits per heavy atom. The first-order chi connectivity index (χ1) is 16.5.